The highest BCUT2D eigenvalue weighted by molar-refractivity contribution is 7.47. The molecule has 3 atom stereocenters. The van der Waals surface area contributed by atoms with Gasteiger partial charge in [0.05, 0.1) is 12.7 Å². The summed E-state index contributed by atoms with van der Waals surface area (Å²) in [6, 6.07) is 7.34. The van der Waals surface area contributed by atoms with E-state index in [0.29, 0.717) is 5.56 Å². The molecule has 0 spiro atoms. The Kier molecular flexibility index (Phi) is 5.65. The van der Waals surface area contributed by atoms with Gasteiger partial charge in [0, 0.05) is 0 Å². The third-order valence-electron chi connectivity index (χ3n) is 2.33. The second-order valence-electron chi connectivity index (χ2n) is 3.90. The monoisotopic (exact) mass is 289 g/mol. The molecule has 0 saturated carbocycles. The van der Waals surface area contributed by atoms with Crippen LogP contribution in [0.1, 0.15) is 12.5 Å². The molecule has 7 nitrogen and oxygen atoms in total. The van der Waals surface area contributed by atoms with Gasteiger partial charge in [-0.05, 0) is 12.5 Å². The summed E-state index contributed by atoms with van der Waals surface area (Å²) in [6.45, 7) is 1.16. The molecule has 3 unspecified atom stereocenters. The van der Waals surface area contributed by atoms with Gasteiger partial charge in [-0.1, -0.05) is 30.3 Å². The van der Waals surface area contributed by atoms with E-state index in [0.717, 1.165) is 0 Å². The van der Waals surface area contributed by atoms with E-state index in [1.54, 1.807) is 30.3 Å². The van der Waals surface area contributed by atoms with Crippen LogP contribution in [-0.4, -0.2) is 28.1 Å². The SMILES string of the molecule is CC(OP(=O)(O)OCc1ccccc1)C(N)C(=O)O. The number of carbonyl (C=O) groups is 1. The number of hydrogen-bond acceptors (Lipinski definition) is 5. The first-order chi connectivity index (χ1) is 8.82. The molecule has 19 heavy (non-hydrogen) atoms. The fourth-order valence-electron chi connectivity index (χ4n) is 1.24. The normalized spacial score (nSPS) is 17.4. The molecule has 0 aromatic heterocycles. The maximum Gasteiger partial charge on any atom is 0.472 e. The fourth-order valence-corrected chi connectivity index (χ4v) is 2.16. The van der Waals surface area contributed by atoms with Crippen LogP contribution < -0.4 is 5.73 Å². The standard InChI is InChI=1S/C11H16NO6P/c1-8(10(12)11(13)14)18-19(15,16)17-7-9-5-3-2-4-6-9/h2-6,8,10H,7,12H2,1H3,(H,13,14)(H,15,16). The van der Waals surface area contributed by atoms with Gasteiger partial charge in [-0.2, -0.15) is 0 Å². The van der Waals surface area contributed by atoms with Crippen LogP contribution in [-0.2, 0) is 25.0 Å². The quantitative estimate of drug-likeness (QED) is 0.643. The lowest BCUT2D eigenvalue weighted by Crippen LogP contribution is -2.41. The number of nitrogens with two attached hydrogens (primary N) is 1. The van der Waals surface area contributed by atoms with Crippen LogP contribution in [0.2, 0.25) is 0 Å². The highest BCUT2D eigenvalue weighted by Gasteiger charge is 2.30. The molecule has 0 amide bonds. The summed E-state index contributed by atoms with van der Waals surface area (Å²) in [4.78, 5) is 20.0. The van der Waals surface area contributed by atoms with Crippen LogP contribution in [0, 0.1) is 0 Å². The highest BCUT2D eigenvalue weighted by atomic mass is 31.2. The van der Waals surface area contributed by atoms with Gasteiger partial charge in [-0.15, -0.1) is 0 Å². The van der Waals surface area contributed by atoms with Crippen LogP contribution in [0.15, 0.2) is 30.3 Å². The van der Waals surface area contributed by atoms with Gasteiger partial charge in [0.25, 0.3) is 0 Å². The zero-order valence-electron chi connectivity index (χ0n) is 10.3. The Labute approximate surface area is 110 Å². The van der Waals surface area contributed by atoms with Crippen molar-refractivity contribution < 1.29 is 28.4 Å². The third-order valence-corrected chi connectivity index (χ3v) is 3.38. The van der Waals surface area contributed by atoms with E-state index < -0.39 is 25.9 Å². The predicted octanol–water partition coefficient (Wildman–Crippen LogP) is 1.12. The van der Waals surface area contributed by atoms with Gasteiger partial charge in [0.15, 0.2) is 0 Å². The Morgan fingerprint density at radius 2 is 2.00 bits per heavy atom. The minimum absolute atomic E-state index is 0.121. The van der Waals surface area contributed by atoms with Crippen molar-refractivity contribution in [2.75, 3.05) is 0 Å². The smallest absolute Gasteiger partial charge is 0.472 e. The number of phosphoric acid groups is 1. The Hall–Kier alpha value is -1.24. The number of carboxylic acids is 1. The van der Waals surface area contributed by atoms with Gasteiger partial charge in [-0.25, -0.2) is 4.57 Å². The molecule has 0 saturated heterocycles. The predicted molar refractivity (Wildman–Crippen MR) is 67.2 cm³/mol. The van der Waals surface area contributed by atoms with Crippen molar-refractivity contribution in [2.24, 2.45) is 5.73 Å². The summed E-state index contributed by atoms with van der Waals surface area (Å²) in [5.74, 6) is -1.32. The first-order valence-electron chi connectivity index (χ1n) is 5.50. The summed E-state index contributed by atoms with van der Waals surface area (Å²) in [7, 11) is -4.35. The number of hydrogen-bond donors (Lipinski definition) is 3. The number of carboxylic acid groups (broad SMARTS) is 1. The fraction of sp³-hybridized carbons (Fsp3) is 0.364. The zero-order chi connectivity index (χ0) is 14.5. The Morgan fingerprint density at radius 1 is 1.42 bits per heavy atom. The van der Waals surface area contributed by atoms with Crippen molar-refractivity contribution >= 4 is 13.8 Å². The third kappa shape index (κ3) is 5.50. The molecule has 0 aliphatic carbocycles. The molecule has 0 heterocycles. The average molecular weight is 289 g/mol. The van der Waals surface area contributed by atoms with Gasteiger partial charge < -0.3 is 15.7 Å². The van der Waals surface area contributed by atoms with Crippen molar-refractivity contribution in [3.8, 4) is 0 Å². The maximum absolute atomic E-state index is 11.6. The van der Waals surface area contributed by atoms with Gasteiger partial charge >= 0.3 is 13.8 Å². The molecular weight excluding hydrogens is 273 g/mol. The number of aliphatic carboxylic acids is 1. The van der Waals surface area contributed by atoms with Crippen LogP contribution >= 0.6 is 7.82 Å². The highest BCUT2D eigenvalue weighted by Crippen LogP contribution is 2.45. The molecule has 0 radical (unpaired) electrons. The first kappa shape index (κ1) is 15.8. The van der Waals surface area contributed by atoms with E-state index in [-0.39, 0.29) is 6.61 Å². The summed E-state index contributed by atoms with van der Waals surface area (Å²) in [5.41, 5.74) is 5.95. The lowest BCUT2D eigenvalue weighted by Gasteiger charge is -2.20. The zero-order valence-corrected chi connectivity index (χ0v) is 11.2. The van der Waals surface area contributed by atoms with E-state index in [2.05, 4.69) is 4.52 Å². The molecule has 0 bridgehead atoms. The number of phosphoric ester groups is 1. The van der Waals surface area contributed by atoms with Crippen LogP contribution in [0.4, 0.5) is 0 Å². The van der Waals surface area contributed by atoms with Crippen molar-refractivity contribution in [3.05, 3.63) is 35.9 Å². The molecule has 8 heteroatoms. The second kappa shape index (κ2) is 6.79. The largest absolute Gasteiger partial charge is 0.480 e. The van der Waals surface area contributed by atoms with Gasteiger partial charge in [0.2, 0.25) is 0 Å². The molecular formula is C11H16NO6P. The summed E-state index contributed by atoms with van der Waals surface area (Å²) >= 11 is 0. The van der Waals surface area contributed by atoms with Crippen molar-refractivity contribution in [1.29, 1.82) is 0 Å². The van der Waals surface area contributed by atoms with Crippen LogP contribution in [0.3, 0.4) is 0 Å². The Balaban J connectivity index is 2.52. The molecule has 1 aromatic carbocycles. The molecule has 0 aliphatic heterocycles. The van der Waals surface area contributed by atoms with Crippen LogP contribution in [0.25, 0.3) is 0 Å². The summed E-state index contributed by atoms with van der Waals surface area (Å²) in [5, 5.41) is 8.64. The van der Waals surface area contributed by atoms with E-state index in [9.17, 15) is 14.3 Å². The first-order valence-corrected chi connectivity index (χ1v) is 6.99. The minimum Gasteiger partial charge on any atom is -0.480 e. The molecule has 0 fully saturated rings. The van der Waals surface area contributed by atoms with Gasteiger partial charge in [-0.3, -0.25) is 13.8 Å². The Bertz CT molecular complexity index is 466. The van der Waals surface area contributed by atoms with E-state index in [4.69, 9.17) is 15.4 Å². The summed E-state index contributed by atoms with van der Waals surface area (Å²) in [6.07, 6.45) is -1.15. The second-order valence-corrected chi connectivity index (χ2v) is 5.31. The molecule has 4 N–H and O–H groups in total. The summed E-state index contributed by atoms with van der Waals surface area (Å²) < 4.78 is 21.0. The van der Waals surface area contributed by atoms with Crippen LogP contribution in [0.5, 0.6) is 0 Å². The van der Waals surface area contributed by atoms with Crippen molar-refractivity contribution in [1.82, 2.24) is 0 Å². The number of benzene rings is 1. The molecule has 1 rings (SSSR count). The number of rotatable bonds is 7. The lowest BCUT2D eigenvalue weighted by molar-refractivity contribution is -0.140. The molecule has 1 aromatic rings. The Morgan fingerprint density at radius 3 is 2.53 bits per heavy atom. The van der Waals surface area contributed by atoms with Gasteiger partial charge in [0.1, 0.15) is 6.04 Å². The van der Waals surface area contributed by atoms with E-state index >= 15 is 0 Å². The van der Waals surface area contributed by atoms with Crippen molar-refractivity contribution in [3.63, 3.8) is 0 Å². The van der Waals surface area contributed by atoms with E-state index in [1.807, 2.05) is 0 Å². The minimum atomic E-state index is -4.35. The topological polar surface area (TPSA) is 119 Å². The average Bonchev–Trinajstić information content (AvgIpc) is 2.36. The van der Waals surface area contributed by atoms with Crippen molar-refractivity contribution in [2.45, 2.75) is 25.7 Å². The maximum atomic E-state index is 11.6. The van der Waals surface area contributed by atoms with E-state index in [1.165, 1.54) is 6.92 Å². The lowest BCUT2D eigenvalue weighted by atomic mass is 10.2. The molecule has 106 valence electrons. The molecule has 0 aliphatic rings.